The standard InChI is InChI=1S/C20H8Br2N6S2/c21-11-7-8-12(22)20-19(11)23-17(9-3-1-5-13-15(9)27-29-25-13)18(24-20)10-4-2-6-14-16(10)28-30-26-14/h1-8H. The van der Waals surface area contributed by atoms with E-state index in [2.05, 4.69) is 49.4 Å². The van der Waals surface area contributed by atoms with Gasteiger partial charge in [0.2, 0.25) is 0 Å². The van der Waals surface area contributed by atoms with Crippen LogP contribution in [-0.2, 0) is 0 Å². The molecule has 0 fully saturated rings. The smallest absolute Gasteiger partial charge is 0.114 e. The highest BCUT2D eigenvalue weighted by Gasteiger charge is 2.21. The van der Waals surface area contributed by atoms with Crippen LogP contribution >= 0.6 is 55.3 Å². The molecule has 0 radical (unpaired) electrons. The first-order chi connectivity index (χ1) is 14.7. The van der Waals surface area contributed by atoms with Gasteiger partial charge in [0.05, 0.1) is 34.8 Å². The number of aromatic nitrogens is 6. The van der Waals surface area contributed by atoms with Crippen molar-refractivity contribution >= 4 is 88.4 Å². The number of rotatable bonds is 2. The van der Waals surface area contributed by atoms with Crippen LogP contribution in [0.1, 0.15) is 0 Å². The largest absolute Gasteiger partial charge is 0.243 e. The van der Waals surface area contributed by atoms with E-state index in [1.54, 1.807) is 0 Å². The van der Waals surface area contributed by atoms with E-state index in [9.17, 15) is 0 Å². The highest BCUT2D eigenvalue weighted by molar-refractivity contribution is 9.11. The van der Waals surface area contributed by atoms with Gasteiger partial charge in [0.1, 0.15) is 33.1 Å². The van der Waals surface area contributed by atoms with Gasteiger partial charge < -0.3 is 0 Å². The molecular formula is C20H8Br2N6S2. The van der Waals surface area contributed by atoms with E-state index in [-0.39, 0.29) is 0 Å². The van der Waals surface area contributed by atoms with E-state index < -0.39 is 0 Å². The molecule has 10 heteroatoms. The van der Waals surface area contributed by atoms with Gasteiger partial charge >= 0.3 is 0 Å². The van der Waals surface area contributed by atoms with E-state index >= 15 is 0 Å². The Morgan fingerprint density at radius 3 is 1.47 bits per heavy atom. The Balaban J connectivity index is 1.79. The Morgan fingerprint density at radius 1 is 0.533 bits per heavy atom. The van der Waals surface area contributed by atoms with Crippen LogP contribution in [0.5, 0.6) is 0 Å². The second kappa shape index (κ2) is 7.09. The minimum Gasteiger partial charge on any atom is -0.243 e. The summed E-state index contributed by atoms with van der Waals surface area (Å²) < 4.78 is 19.6. The molecule has 0 unspecified atom stereocenters. The molecule has 0 atom stereocenters. The van der Waals surface area contributed by atoms with Gasteiger partial charge in [0, 0.05) is 20.1 Å². The molecule has 6 nitrogen and oxygen atoms in total. The quantitative estimate of drug-likeness (QED) is 0.243. The first-order valence-electron chi connectivity index (χ1n) is 8.80. The van der Waals surface area contributed by atoms with Crippen LogP contribution in [0.4, 0.5) is 0 Å². The average molecular weight is 556 g/mol. The fourth-order valence-corrected chi connectivity index (χ4v) is 5.36. The molecule has 0 spiro atoms. The van der Waals surface area contributed by atoms with Crippen molar-refractivity contribution in [3.8, 4) is 22.5 Å². The molecule has 0 aliphatic rings. The maximum atomic E-state index is 5.06. The van der Waals surface area contributed by atoms with Crippen LogP contribution in [-0.4, -0.2) is 27.5 Å². The van der Waals surface area contributed by atoms with Gasteiger partial charge in [-0.3, -0.25) is 0 Å². The first-order valence-corrected chi connectivity index (χ1v) is 11.8. The summed E-state index contributed by atoms with van der Waals surface area (Å²) in [6.07, 6.45) is 0. The van der Waals surface area contributed by atoms with E-state index in [1.165, 1.54) is 23.5 Å². The highest BCUT2D eigenvalue weighted by atomic mass is 79.9. The lowest BCUT2D eigenvalue weighted by Crippen LogP contribution is -1.98. The Morgan fingerprint density at radius 2 is 1.00 bits per heavy atom. The van der Waals surface area contributed by atoms with Crippen molar-refractivity contribution in [1.82, 2.24) is 27.5 Å². The maximum Gasteiger partial charge on any atom is 0.114 e. The molecule has 0 aliphatic carbocycles. The van der Waals surface area contributed by atoms with Crippen LogP contribution < -0.4 is 0 Å². The molecule has 0 amide bonds. The van der Waals surface area contributed by atoms with E-state index in [0.29, 0.717) is 0 Å². The number of benzene rings is 3. The molecule has 144 valence electrons. The van der Waals surface area contributed by atoms with Crippen LogP contribution in [0.2, 0.25) is 0 Å². The van der Waals surface area contributed by atoms with E-state index in [0.717, 1.165) is 64.6 Å². The van der Waals surface area contributed by atoms with Crippen molar-refractivity contribution in [1.29, 1.82) is 0 Å². The number of halogens is 2. The molecule has 0 saturated heterocycles. The summed E-state index contributed by atoms with van der Waals surface area (Å²) in [6, 6.07) is 15.8. The molecule has 0 N–H and O–H groups in total. The topological polar surface area (TPSA) is 77.3 Å². The van der Waals surface area contributed by atoms with Gasteiger partial charge in [-0.25, -0.2) is 9.97 Å². The van der Waals surface area contributed by atoms with Gasteiger partial charge in [0.25, 0.3) is 0 Å². The van der Waals surface area contributed by atoms with Crippen molar-refractivity contribution in [2.45, 2.75) is 0 Å². The Hall–Kier alpha value is -2.40. The summed E-state index contributed by atoms with van der Waals surface area (Å²) in [6.45, 7) is 0. The predicted octanol–water partition coefficient (Wildman–Crippen LogP) is 6.50. The number of fused-ring (bicyclic) bond motifs is 3. The normalized spacial score (nSPS) is 11.7. The van der Waals surface area contributed by atoms with Gasteiger partial charge in [-0.1, -0.05) is 24.3 Å². The van der Waals surface area contributed by atoms with Crippen molar-refractivity contribution in [3.63, 3.8) is 0 Å². The number of hydrogen-bond donors (Lipinski definition) is 0. The lowest BCUT2D eigenvalue weighted by Gasteiger charge is -2.12. The molecule has 0 bridgehead atoms. The van der Waals surface area contributed by atoms with E-state index in [4.69, 9.17) is 9.97 Å². The fourth-order valence-electron chi connectivity index (χ4n) is 3.44. The van der Waals surface area contributed by atoms with Crippen LogP contribution in [0, 0.1) is 0 Å². The van der Waals surface area contributed by atoms with Gasteiger partial charge in [0.15, 0.2) is 0 Å². The van der Waals surface area contributed by atoms with Gasteiger partial charge in [-0.05, 0) is 56.1 Å². The maximum absolute atomic E-state index is 5.06. The SMILES string of the molecule is Brc1ccc(Br)c2nc(-c3cccc4nsnc34)c(-c3cccc4nsnc34)nc12. The molecule has 0 saturated carbocycles. The minimum absolute atomic E-state index is 0.736. The third-order valence-corrected chi connectivity index (χ3v) is 7.17. The molecule has 6 rings (SSSR count). The highest BCUT2D eigenvalue weighted by Crippen LogP contribution is 2.39. The van der Waals surface area contributed by atoms with Crippen LogP contribution in [0.25, 0.3) is 55.6 Å². The summed E-state index contributed by atoms with van der Waals surface area (Å²) >= 11 is 9.63. The molecule has 3 aromatic heterocycles. The summed E-state index contributed by atoms with van der Waals surface area (Å²) in [5, 5.41) is 0. The molecule has 30 heavy (non-hydrogen) atoms. The van der Waals surface area contributed by atoms with Gasteiger partial charge in [-0.15, -0.1) is 0 Å². The summed E-state index contributed by atoms with van der Waals surface area (Å²) in [5.74, 6) is 0. The Kier molecular flexibility index (Phi) is 4.34. The zero-order chi connectivity index (χ0) is 20.2. The van der Waals surface area contributed by atoms with Crippen molar-refractivity contribution in [2.24, 2.45) is 0 Å². The Labute approximate surface area is 194 Å². The molecule has 3 aromatic carbocycles. The molecular weight excluding hydrogens is 548 g/mol. The van der Waals surface area contributed by atoms with Crippen molar-refractivity contribution in [3.05, 3.63) is 57.5 Å². The third-order valence-electron chi connectivity index (χ3n) is 4.81. The third kappa shape index (κ3) is 2.78. The van der Waals surface area contributed by atoms with Gasteiger partial charge in [-0.2, -0.15) is 17.5 Å². The van der Waals surface area contributed by atoms with Crippen LogP contribution in [0.3, 0.4) is 0 Å². The lowest BCUT2D eigenvalue weighted by atomic mass is 10.0. The second-order valence-electron chi connectivity index (χ2n) is 6.52. The zero-order valence-corrected chi connectivity index (χ0v) is 19.7. The lowest BCUT2D eigenvalue weighted by molar-refractivity contribution is 1.28. The summed E-state index contributed by atoms with van der Waals surface area (Å²) in [4.78, 5) is 10.1. The summed E-state index contributed by atoms with van der Waals surface area (Å²) in [5.41, 5.74) is 8.09. The van der Waals surface area contributed by atoms with Crippen LogP contribution in [0.15, 0.2) is 57.5 Å². The zero-order valence-electron chi connectivity index (χ0n) is 14.9. The van der Waals surface area contributed by atoms with Crippen molar-refractivity contribution in [2.75, 3.05) is 0 Å². The Bertz CT molecular complexity index is 1470. The van der Waals surface area contributed by atoms with Crippen molar-refractivity contribution < 1.29 is 0 Å². The monoisotopic (exact) mass is 554 g/mol. The second-order valence-corrected chi connectivity index (χ2v) is 9.29. The fraction of sp³-hybridized carbons (Fsp3) is 0. The predicted molar refractivity (Wildman–Crippen MR) is 128 cm³/mol. The average Bonchev–Trinajstić information content (AvgIpc) is 3.44. The molecule has 0 aliphatic heterocycles. The molecule has 3 heterocycles. The van der Waals surface area contributed by atoms with E-state index in [1.807, 2.05) is 48.5 Å². The minimum atomic E-state index is 0.736. The first kappa shape index (κ1) is 18.4. The molecule has 6 aromatic rings. The number of nitrogens with zero attached hydrogens (tertiary/aromatic N) is 6. The number of hydrogen-bond acceptors (Lipinski definition) is 8. The summed E-state index contributed by atoms with van der Waals surface area (Å²) in [7, 11) is 0.